The van der Waals surface area contributed by atoms with Crippen molar-refractivity contribution in [1.29, 1.82) is 0 Å². The van der Waals surface area contributed by atoms with Gasteiger partial charge in [-0.05, 0) is 0 Å². The van der Waals surface area contributed by atoms with Gasteiger partial charge in [0.2, 0.25) is 0 Å². The molecule has 0 bridgehead atoms. The first-order valence-electron chi connectivity index (χ1n) is 10.4. The van der Waals surface area contributed by atoms with Crippen LogP contribution in [0.2, 0.25) is 0 Å². The van der Waals surface area contributed by atoms with Crippen LogP contribution in [0.25, 0.3) is 0 Å². The van der Waals surface area contributed by atoms with Crippen LogP contribution in [-0.4, -0.2) is 7.15 Å². The van der Waals surface area contributed by atoms with Crippen LogP contribution in [0.15, 0.2) is 30.4 Å². The van der Waals surface area contributed by atoms with Gasteiger partial charge in [-0.1, -0.05) is 13.3 Å². The Morgan fingerprint density at radius 1 is 1.28 bits per heavy atom. The number of allylic oxidation sites excluding steroid dienone is 2. The van der Waals surface area contributed by atoms with E-state index in [1.807, 2.05) is 6.07 Å². The predicted molar refractivity (Wildman–Crippen MR) is 107 cm³/mol. The van der Waals surface area contributed by atoms with Crippen molar-refractivity contribution < 1.29 is 4.70 Å². The van der Waals surface area contributed by atoms with E-state index >= 15 is 0 Å². The molecule has 1 nitrogen and oxygen atoms in total. The van der Waals surface area contributed by atoms with Gasteiger partial charge in [0.15, 0.2) is 0 Å². The molecule has 0 radical (unpaired) electrons. The number of benzene rings is 1. The Morgan fingerprint density at radius 3 is 2.88 bits per heavy atom. The summed E-state index contributed by atoms with van der Waals surface area (Å²) in [7, 11) is 1.05. The van der Waals surface area contributed by atoms with Crippen LogP contribution < -0.4 is 5.46 Å². The zero-order valence-electron chi connectivity index (χ0n) is 16.2. The van der Waals surface area contributed by atoms with Gasteiger partial charge in [0.1, 0.15) is 0 Å². The van der Waals surface area contributed by atoms with Gasteiger partial charge in [-0.15, -0.1) is 0 Å². The van der Waals surface area contributed by atoms with Gasteiger partial charge in [0, 0.05) is 0 Å². The molecule has 25 heavy (non-hydrogen) atoms. The average molecular weight is 336 g/mol. The summed E-state index contributed by atoms with van der Waals surface area (Å²) in [6.07, 6.45) is 14.0. The fourth-order valence-electron chi connectivity index (χ4n) is 5.27. The Labute approximate surface area is 154 Å². The quantitative estimate of drug-likeness (QED) is 0.384. The molecule has 0 heterocycles. The molecule has 1 fully saturated rings. The molecule has 1 aromatic rings. The van der Waals surface area contributed by atoms with E-state index in [2.05, 4.69) is 45.1 Å². The van der Waals surface area contributed by atoms with Crippen molar-refractivity contribution in [3.63, 3.8) is 0 Å². The Bertz CT molecular complexity index is 621. The Hall–Kier alpha value is -1.18. The normalized spacial score (nSPS) is 29.2. The molecule has 2 aliphatic rings. The molecule has 2 heteroatoms. The van der Waals surface area contributed by atoms with Crippen molar-refractivity contribution in [2.75, 3.05) is 0 Å². The molecule has 1 saturated carbocycles. The summed E-state index contributed by atoms with van der Waals surface area (Å²) in [5.41, 5.74) is 3.69. The average Bonchev–Trinajstić information content (AvgIpc) is 2.92. The number of unbranched alkanes of at least 4 members (excludes halogenated alkanes) is 2. The van der Waals surface area contributed by atoms with Crippen LogP contribution in [0, 0.1) is 29.6 Å². The maximum absolute atomic E-state index is 11.4. The molecular weight excluding hydrogens is 303 g/mol. The zero-order valence-corrected chi connectivity index (χ0v) is 16.2. The molecule has 0 spiro atoms. The molecule has 0 aromatic heterocycles. The van der Waals surface area contributed by atoms with E-state index < -0.39 is 0 Å². The third-order valence-corrected chi connectivity index (χ3v) is 6.71. The maximum atomic E-state index is 11.4. The zero-order chi connectivity index (χ0) is 17.8. The van der Waals surface area contributed by atoms with Gasteiger partial charge in [-0.2, -0.15) is 0 Å². The van der Waals surface area contributed by atoms with E-state index in [0.717, 1.165) is 43.2 Å². The number of fused-ring (bicyclic) bond motifs is 2. The first kappa shape index (κ1) is 18.6. The molecule has 134 valence electrons. The first-order valence-corrected chi connectivity index (χ1v) is 10.4. The van der Waals surface area contributed by atoms with Crippen LogP contribution in [-0.2, 0) is 17.5 Å². The van der Waals surface area contributed by atoms with Gasteiger partial charge in [0.05, 0.1) is 0 Å². The molecule has 0 saturated heterocycles. The molecular formula is C23H33BO. The van der Waals surface area contributed by atoms with Crippen molar-refractivity contribution in [2.24, 2.45) is 29.6 Å². The molecule has 0 N–H and O–H groups in total. The van der Waals surface area contributed by atoms with Crippen LogP contribution in [0.4, 0.5) is 0 Å². The summed E-state index contributed by atoms with van der Waals surface area (Å²) >= 11 is 0. The van der Waals surface area contributed by atoms with Gasteiger partial charge in [-0.25, -0.2) is 0 Å². The summed E-state index contributed by atoms with van der Waals surface area (Å²) < 4.78 is 11.4. The minimum absolute atomic E-state index is 0.704. The van der Waals surface area contributed by atoms with E-state index in [1.54, 1.807) is 0 Å². The fraction of sp³-hybridized carbons (Fsp3) is 0.652. The summed E-state index contributed by atoms with van der Waals surface area (Å²) in [6, 6.07) is 6.29. The molecule has 2 aliphatic carbocycles. The van der Waals surface area contributed by atoms with E-state index in [-0.39, 0.29) is 0 Å². The number of hydrogen-bond donors (Lipinski definition) is 0. The molecule has 1 unspecified atom stereocenters. The molecule has 1 aromatic carbocycles. The summed E-state index contributed by atoms with van der Waals surface area (Å²) in [4.78, 5) is 0. The van der Waals surface area contributed by atoms with Crippen LogP contribution >= 0.6 is 0 Å². The van der Waals surface area contributed by atoms with E-state index in [1.165, 1.54) is 43.2 Å². The van der Waals surface area contributed by atoms with Gasteiger partial charge in [0.25, 0.3) is 0 Å². The minimum atomic E-state index is 0.704. The number of hydrogen-bond acceptors (Lipinski definition) is 1. The third kappa shape index (κ3) is 4.15. The second-order valence-electron chi connectivity index (χ2n) is 8.58. The summed E-state index contributed by atoms with van der Waals surface area (Å²) in [5.74, 6) is 3.71. The Balaban J connectivity index is 1.70. The monoisotopic (exact) mass is 336 g/mol. The van der Waals surface area contributed by atoms with Gasteiger partial charge in [-0.3, -0.25) is 0 Å². The molecule has 3 rings (SSSR count). The standard InChI is InChI=1S/C23H33BO/c1-4-5-6-8-16(2)11-12-20-17(3)13-19-15-22-18(14-21(19)20)9-7-10-23(22)24-25/h7,9-12,16-17,19-21H,4-6,8,13-15H2,1-3H3/b12-11+/t16-,17+,19?,20-,21-/m0/s1. The third-order valence-electron chi connectivity index (χ3n) is 6.71. The van der Waals surface area contributed by atoms with E-state index in [4.69, 9.17) is 0 Å². The van der Waals surface area contributed by atoms with Gasteiger partial charge >= 0.3 is 141 Å². The molecule has 0 aliphatic heterocycles. The molecule has 0 amide bonds. The van der Waals surface area contributed by atoms with E-state index in [0.29, 0.717) is 11.8 Å². The first-order chi connectivity index (χ1) is 12.1. The SMILES string of the molecule is CCCCC[C@H](C)/C=C/[C@H]1[C@H](C)CC2Cc3c(B=O)cccc3C[C@@H]21. The van der Waals surface area contributed by atoms with Crippen molar-refractivity contribution in [3.05, 3.63) is 41.5 Å². The number of rotatable bonds is 7. The Morgan fingerprint density at radius 2 is 2.12 bits per heavy atom. The van der Waals surface area contributed by atoms with Crippen molar-refractivity contribution in [1.82, 2.24) is 0 Å². The molecule has 5 atom stereocenters. The van der Waals surface area contributed by atoms with Crippen LogP contribution in [0.5, 0.6) is 0 Å². The summed E-state index contributed by atoms with van der Waals surface area (Å²) in [6.45, 7) is 7.08. The predicted octanol–water partition coefficient (Wildman–Crippen LogP) is 5.12. The van der Waals surface area contributed by atoms with Crippen LogP contribution in [0.1, 0.15) is 64.0 Å². The topological polar surface area (TPSA) is 17.1 Å². The second kappa shape index (κ2) is 8.47. The fourth-order valence-corrected chi connectivity index (χ4v) is 5.27. The Kier molecular flexibility index (Phi) is 6.31. The van der Waals surface area contributed by atoms with Crippen molar-refractivity contribution >= 4 is 12.6 Å². The van der Waals surface area contributed by atoms with Crippen molar-refractivity contribution in [3.8, 4) is 0 Å². The van der Waals surface area contributed by atoms with Crippen molar-refractivity contribution in [2.45, 2.75) is 65.7 Å². The second-order valence-corrected chi connectivity index (χ2v) is 8.58. The summed E-state index contributed by atoms with van der Waals surface area (Å²) in [5, 5.41) is 0. The van der Waals surface area contributed by atoms with E-state index in [9.17, 15) is 4.70 Å². The van der Waals surface area contributed by atoms with Gasteiger partial charge < -0.3 is 0 Å². The van der Waals surface area contributed by atoms with Crippen LogP contribution in [0.3, 0.4) is 0 Å².